The molecule has 3 rings (SSSR count). The van der Waals surface area contributed by atoms with Crippen LogP contribution in [0, 0.1) is 0 Å². The summed E-state index contributed by atoms with van der Waals surface area (Å²) in [5.41, 5.74) is 1.72. The first kappa shape index (κ1) is 15.0. The highest BCUT2D eigenvalue weighted by atomic mass is 16.2. The molecule has 23 heavy (non-hydrogen) atoms. The minimum Gasteiger partial charge on any atom is -0.348 e. The molecule has 1 aromatic heterocycles. The molecule has 1 fully saturated rings. The number of hydrogen-bond donors (Lipinski definition) is 3. The third-order valence-electron chi connectivity index (χ3n) is 3.24. The quantitative estimate of drug-likeness (QED) is 0.785. The van der Waals surface area contributed by atoms with Gasteiger partial charge < -0.3 is 16.0 Å². The Morgan fingerprint density at radius 1 is 1.17 bits per heavy atom. The topological polar surface area (TPSA) is 96.0 Å². The average Bonchev–Trinajstić information content (AvgIpc) is 3.31. The molecule has 118 valence electrons. The number of carbonyl (C=O) groups excluding carboxylic acids is 2. The first-order valence-corrected chi connectivity index (χ1v) is 7.39. The number of nitrogens with one attached hydrogen (secondary N) is 3. The molecule has 1 aliphatic rings. The van der Waals surface area contributed by atoms with Crippen molar-refractivity contribution in [2.24, 2.45) is 0 Å². The number of aromatic nitrogens is 2. The Morgan fingerprint density at radius 2 is 1.96 bits per heavy atom. The Morgan fingerprint density at radius 3 is 2.70 bits per heavy atom. The highest BCUT2D eigenvalue weighted by molar-refractivity contribution is 5.93. The number of amides is 2. The van der Waals surface area contributed by atoms with E-state index < -0.39 is 0 Å². The molecule has 1 aliphatic carbocycles. The highest BCUT2D eigenvalue weighted by Crippen LogP contribution is 2.20. The largest absolute Gasteiger partial charge is 0.348 e. The number of carbonyl (C=O) groups is 2. The maximum absolute atomic E-state index is 12.0. The van der Waals surface area contributed by atoms with E-state index in [4.69, 9.17) is 0 Å². The lowest BCUT2D eigenvalue weighted by Crippen LogP contribution is -2.26. The lowest BCUT2D eigenvalue weighted by atomic mass is 10.2. The van der Waals surface area contributed by atoms with Crippen molar-refractivity contribution >= 4 is 29.1 Å². The van der Waals surface area contributed by atoms with E-state index in [9.17, 15) is 9.59 Å². The van der Waals surface area contributed by atoms with Crippen molar-refractivity contribution in [2.75, 3.05) is 10.6 Å². The normalized spacial score (nSPS) is 13.3. The summed E-state index contributed by atoms with van der Waals surface area (Å²) in [7, 11) is 0. The molecule has 2 aromatic rings. The highest BCUT2D eigenvalue weighted by Gasteiger charge is 2.24. The van der Waals surface area contributed by atoms with Crippen LogP contribution in [-0.4, -0.2) is 27.8 Å². The van der Waals surface area contributed by atoms with Gasteiger partial charge in [0.1, 0.15) is 5.69 Å². The summed E-state index contributed by atoms with van der Waals surface area (Å²) in [4.78, 5) is 31.4. The summed E-state index contributed by atoms with van der Waals surface area (Å²) < 4.78 is 0. The van der Waals surface area contributed by atoms with Crippen molar-refractivity contribution in [3.05, 3.63) is 42.2 Å². The molecule has 0 saturated heterocycles. The molecule has 0 aliphatic heterocycles. The van der Waals surface area contributed by atoms with E-state index in [1.165, 1.54) is 13.1 Å². The summed E-state index contributed by atoms with van der Waals surface area (Å²) in [6.45, 7) is 1.45. The molecule has 0 unspecified atom stereocenters. The van der Waals surface area contributed by atoms with Crippen molar-refractivity contribution in [1.82, 2.24) is 15.3 Å². The van der Waals surface area contributed by atoms with E-state index in [-0.39, 0.29) is 17.9 Å². The monoisotopic (exact) mass is 311 g/mol. The van der Waals surface area contributed by atoms with Crippen molar-refractivity contribution in [3.63, 3.8) is 0 Å². The number of rotatable bonds is 5. The van der Waals surface area contributed by atoms with Crippen molar-refractivity contribution in [2.45, 2.75) is 25.8 Å². The zero-order valence-corrected chi connectivity index (χ0v) is 12.7. The first-order chi connectivity index (χ1) is 11.1. The maximum atomic E-state index is 12.0. The van der Waals surface area contributed by atoms with E-state index in [1.54, 1.807) is 24.3 Å². The van der Waals surface area contributed by atoms with E-state index >= 15 is 0 Å². The van der Waals surface area contributed by atoms with Gasteiger partial charge in [-0.1, -0.05) is 6.07 Å². The number of benzene rings is 1. The lowest BCUT2D eigenvalue weighted by molar-refractivity contribution is -0.114. The Balaban J connectivity index is 1.72. The summed E-state index contributed by atoms with van der Waals surface area (Å²) in [5, 5.41) is 8.62. The van der Waals surface area contributed by atoms with Crippen LogP contribution in [0.1, 0.15) is 30.3 Å². The van der Waals surface area contributed by atoms with Gasteiger partial charge in [0.15, 0.2) is 0 Å². The third-order valence-corrected chi connectivity index (χ3v) is 3.24. The second-order valence-corrected chi connectivity index (χ2v) is 5.40. The zero-order chi connectivity index (χ0) is 16.2. The Bertz CT molecular complexity index is 743. The zero-order valence-electron chi connectivity index (χ0n) is 12.7. The Labute approximate surface area is 133 Å². The van der Waals surface area contributed by atoms with Crippen LogP contribution in [0.15, 0.2) is 36.5 Å². The smallest absolute Gasteiger partial charge is 0.270 e. The van der Waals surface area contributed by atoms with E-state index in [1.807, 2.05) is 6.07 Å². The van der Waals surface area contributed by atoms with Gasteiger partial charge in [-0.3, -0.25) is 9.59 Å². The first-order valence-electron chi connectivity index (χ1n) is 7.39. The maximum Gasteiger partial charge on any atom is 0.270 e. The summed E-state index contributed by atoms with van der Waals surface area (Å²) in [6, 6.07) is 9.04. The van der Waals surface area contributed by atoms with Crippen molar-refractivity contribution < 1.29 is 9.59 Å². The molecule has 1 saturated carbocycles. The second-order valence-electron chi connectivity index (χ2n) is 5.40. The Kier molecular flexibility index (Phi) is 4.18. The van der Waals surface area contributed by atoms with Crippen LogP contribution in [0.2, 0.25) is 0 Å². The summed E-state index contributed by atoms with van der Waals surface area (Å²) in [5.74, 6) is -0.00415. The van der Waals surface area contributed by atoms with Crippen LogP contribution < -0.4 is 16.0 Å². The predicted molar refractivity (Wildman–Crippen MR) is 86.5 cm³/mol. The molecule has 0 bridgehead atoms. The van der Waals surface area contributed by atoms with Crippen molar-refractivity contribution in [3.8, 4) is 0 Å². The molecule has 7 nitrogen and oxygen atoms in total. The van der Waals surface area contributed by atoms with Crippen LogP contribution >= 0.6 is 0 Å². The number of nitrogens with zero attached hydrogens (tertiary/aromatic N) is 2. The fraction of sp³-hybridized carbons (Fsp3) is 0.250. The fourth-order valence-corrected chi connectivity index (χ4v) is 2.04. The van der Waals surface area contributed by atoms with Gasteiger partial charge in [-0.15, -0.1) is 0 Å². The van der Waals surface area contributed by atoms with Gasteiger partial charge in [0, 0.05) is 30.5 Å². The van der Waals surface area contributed by atoms with E-state index in [0.29, 0.717) is 17.3 Å². The molecule has 1 aromatic carbocycles. The van der Waals surface area contributed by atoms with Gasteiger partial charge in [-0.25, -0.2) is 9.97 Å². The number of hydrogen-bond acceptors (Lipinski definition) is 5. The minimum absolute atomic E-state index is 0.142. The second kappa shape index (κ2) is 6.43. The van der Waals surface area contributed by atoms with Crippen LogP contribution in [0.25, 0.3) is 0 Å². The van der Waals surface area contributed by atoms with E-state index in [2.05, 4.69) is 25.9 Å². The third kappa shape index (κ3) is 4.26. The molecule has 7 heteroatoms. The molecule has 2 amide bonds. The molecule has 0 radical (unpaired) electrons. The molecular formula is C16H17N5O2. The van der Waals surface area contributed by atoms with Crippen LogP contribution in [0.5, 0.6) is 0 Å². The standard InChI is InChI=1S/C16H17N5O2/c1-10(22)18-12-3-2-4-13(9-12)20-16-17-8-7-14(21-16)15(23)19-11-5-6-11/h2-4,7-9,11H,5-6H2,1H3,(H,18,22)(H,19,23)(H,17,20,21). The summed E-state index contributed by atoms with van der Waals surface area (Å²) in [6.07, 6.45) is 3.59. The van der Waals surface area contributed by atoms with Crippen LogP contribution in [0.4, 0.5) is 17.3 Å². The van der Waals surface area contributed by atoms with E-state index in [0.717, 1.165) is 18.5 Å². The van der Waals surface area contributed by atoms with Gasteiger partial charge in [0.05, 0.1) is 0 Å². The van der Waals surface area contributed by atoms with Gasteiger partial charge >= 0.3 is 0 Å². The van der Waals surface area contributed by atoms with Crippen LogP contribution in [0.3, 0.4) is 0 Å². The van der Waals surface area contributed by atoms with Gasteiger partial charge in [-0.2, -0.15) is 0 Å². The minimum atomic E-state index is -0.190. The van der Waals surface area contributed by atoms with Gasteiger partial charge in [-0.05, 0) is 37.1 Å². The van der Waals surface area contributed by atoms with Gasteiger partial charge in [0.25, 0.3) is 5.91 Å². The fourth-order valence-electron chi connectivity index (χ4n) is 2.04. The van der Waals surface area contributed by atoms with Gasteiger partial charge in [0.2, 0.25) is 11.9 Å². The molecule has 3 N–H and O–H groups in total. The van der Waals surface area contributed by atoms with Crippen molar-refractivity contribution in [1.29, 1.82) is 0 Å². The Hall–Kier alpha value is -2.96. The SMILES string of the molecule is CC(=O)Nc1cccc(Nc2nccc(C(=O)NC3CC3)n2)c1. The lowest BCUT2D eigenvalue weighted by Gasteiger charge is -2.08. The summed E-state index contributed by atoms with van der Waals surface area (Å²) >= 11 is 0. The predicted octanol–water partition coefficient (Wildman–Crippen LogP) is 2.07. The molecular weight excluding hydrogens is 294 g/mol. The number of anilines is 3. The van der Waals surface area contributed by atoms with Crippen LogP contribution in [-0.2, 0) is 4.79 Å². The molecule has 1 heterocycles. The molecule has 0 atom stereocenters. The molecule has 0 spiro atoms. The average molecular weight is 311 g/mol.